The summed E-state index contributed by atoms with van der Waals surface area (Å²) in [6, 6.07) is 17.7. The third kappa shape index (κ3) is 7.49. The van der Waals surface area contributed by atoms with E-state index >= 15 is 0 Å². The van der Waals surface area contributed by atoms with Crippen LogP contribution in [-0.4, -0.2) is 37.0 Å². The highest BCUT2D eigenvalue weighted by atomic mass is 16.5. The molecule has 0 aromatic heterocycles. The summed E-state index contributed by atoms with van der Waals surface area (Å²) in [7, 11) is 0. The van der Waals surface area contributed by atoms with Crippen LogP contribution in [0.25, 0.3) is 0 Å². The molecule has 148 valence electrons. The maximum absolute atomic E-state index is 12.5. The van der Waals surface area contributed by atoms with E-state index in [4.69, 9.17) is 4.74 Å². The second kappa shape index (κ2) is 11.4. The fourth-order valence-electron chi connectivity index (χ4n) is 2.52. The van der Waals surface area contributed by atoms with Gasteiger partial charge in [-0.15, -0.1) is 0 Å². The van der Waals surface area contributed by atoms with Crippen molar-refractivity contribution in [1.29, 1.82) is 0 Å². The van der Waals surface area contributed by atoms with Crippen LogP contribution in [0.1, 0.15) is 18.1 Å². The van der Waals surface area contributed by atoms with Gasteiger partial charge < -0.3 is 20.7 Å². The highest BCUT2D eigenvalue weighted by Gasteiger charge is 2.22. The Morgan fingerprint density at radius 1 is 0.893 bits per heavy atom. The summed E-state index contributed by atoms with van der Waals surface area (Å²) in [5.74, 6) is -0.743. The lowest BCUT2D eigenvalue weighted by molar-refractivity contribution is -0.127. The lowest BCUT2D eigenvalue weighted by Crippen LogP contribution is -2.50. The number of benzene rings is 2. The molecule has 0 aliphatic rings. The van der Waals surface area contributed by atoms with Gasteiger partial charge in [0, 0.05) is 13.0 Å². The Hall–Kier alpha value is -3.35. The number of hydrogen-bond donors (Lipinski definition) is 3. The molecule has 0 saturated heterocycles. The summed E-state index contributed by atoms with van der Waals surface area (Å²) in [6.07, 6.45) is -0.416. The van der Waals surface area contributed by atoms with Gasteiger partial charge in [-0.25, -0.2) is 4.79 Å². The molecule has 3 amide bonds. The molecule has 0 bridgehead atoms. The number of rotatable bonds is 9. The topological polar surface area (TPSA) is 96.5 Å². The van der Waals surface area contributed by atoms with E-state index in [9.17, 15) is 14.4 Å². The van der Waals surface area contributed by atoms with Crippen LogP contribution in [0.3, 0.4) is 0 Å². The molecular weight excluding hydrogens is 358 g/mol. The molecule has 7 heteroatoms. The predicted octanol–water partition coefficient (Wildman–Crippen LogP) is 1.78. The Bertz CT molecular complexity index is 766. The Morgan fingerprint density at radius 2 is 1.50 bits per heavy atom. The first kappa shape index (κ1) is 21.0. The number of likely N-dealkylation sites (N-methyl/N-ethyl adjacent to an activating group) is 1. The smallest absolute Gasteiger partial charge is 0.408 e. The standard InChI is InChI=1S/C21H25N3O4/c1-2-22-19(25)14-23-20(26)18(13-16-9-5-3-6-10-16)24-21(27)28-15-17-11-7-4-8-12-17/h3-12,18H,2,13-15H2,1H3,(H,22,25)(H,23,26)(H,24,27)/t18-/m0/s1. The Labute approximate surface area is 164 Å². The molecule has 0 fully saturated rings. The molecule has 0 aliphatic carbocycles. The van der Waals surface area contributed by atoms with E-state index in [1.54, 1.807) is 6.92 Å². The predicted molar refractivity (Wildman–Crippen MR) is 105 cm³/mol. The average molecular weight is 383 g/mol. The van der Waals surface area contributed by atoms with Crippen molar-refractivity contribution in [2.45, 2.75) is 26.0 Å². The van der Waals surface area contributed by atoms with Gasteiger partial charge in [0.25, 0.3) is 0 Å². The van der Waals surface area contributed by atoms with Crippen molar-refractivity contribution in [2.75, 3.05) is 13.1 Å². The zero-order chi connectivity index (χ0) is 20.2. The van der Waals surface area contributed by atoms with Crippen molar-refractivity contribution in [3.05, 3.63) is 71.8 Å². The largest absolute Gasteiger partial charge is 0.445 e. The zero-order valence-electron chi connectivity index (χ0n) is 15.8. The number of amides is 3. The maximum atomic E-state index is 12.5. The molecule has 1 atom stereocenters. The molecule has 0 saturated carbocycles. The van der Waals surface area contributed by atoms with Crippen molar-refractivity contribution in [3.63, 3.8) is 0 Å². The number of ether oxygens (including phenoxy) is 1. The first-order valence-electron chi connectivity index (χ1n) is 9.14. The van der Waals surface area contributed by atoms with Crippen LogP contribution in [-0.2, 0) is 27.4 Å². The van der Waals surface area contributed by atoms with Crippen molar-refractivity contribution >= 4 is 17.9 Å². The van der Waals surface area contributed by atoms with Crippen molar-refractivity contribution in [1.82, 2.24) is 16.0 Å². The Kier molecular flexibility index (Phi) is 8.52. The number of nitrogens with one attached hydrogen (secondary N) is 3. The van der Waals surface area contributed by atoms with Gasteiger partial charge in [-0.05, 0) is 18.1 Å². The fraction of sp³-hybridized carbons (Fsp3) is 0.286. The maximum Gasteiger partial charge on any atom is 0.408 e. The van der Waals surface area contributed by atoms with Crippen molar-refractivity contribution in [2.24, 2.45) is 0 Å². The molecule has 0 spiro atoms. The second-order valence-corrected chi connectivity index (χ2v) is 6.12. The van der Waals surface area contributed by atoms with Crippen LogP contribution in [0.4, 0.5) is 4.79 Å². The van der Waals surface area contributed by atoms with Gasteiger partial charge in [-0.3, -0.25) is 9.59 Å². The molecule has 0 radical (unpaired) electrons. The summed E-state index contributed by atoms with van der Waals surface area (Å²) in [6.45, 7) is 2.22. The molecular formula is C21H25N3O4. The fourth-order valence-corrected chi connectivity index (χ4v) is 2.52. The van der Waals surface area contributed by atoms with Gasteiger partial charge in [-0.1, -0.05) is 60.7 Å². The van der Waals surface area contributed by atoms with Gasteiger partial charge in [-0.2, -0.15) is 0 Å². The first-order chi connectivity index (χ1) is 13.6. The SMILES string of the molecule is CCNC(=O)CNC(=O)[C@H](Cc1ccccc1)NC(=O)OCc1ccccc1. The van der Waals surface area contributed by atoms with E-state index in [1.807, 2.05) is 60.7 Å². The second-order valence-electron chi connectivity index (χ2n) is 6.12. The molecule has 28 heavy (non-hydrogen) atoms. The zero-order valence-corrected chi connectivity index (χ0v) is 15.8. The van der Waals surface area contributed by atoms with Gasteiger partial charge in [0.1, 0.15) is 12.6 Å². The van der Waals surface area contributed by atoms with Crippen LogP contribution in [0.2, 0.25) is 0 Å². The monoisotopic (exact) mass is 383 g/mol. The van der Waals surface area contributed by atoms with E-state index in [-0.39, 0.29) is 25.5 Å². The van der Waals surface area contributed by atoms with E-state index in [2.05, 4.69) is 16.0 Å². The van der Waals surface area contributed by atoms with Crippen molar-refractivity contribution < 1.29 is 19.1 Å². The van der Waals surface area contributed by atoms with E-state index in [0.29, 0.717) is 6.54 Å². The summed E-state index contributed by atoms with van der Waals surface area (Å²) < 4.78 is 5.20. The lowest BCUT2D eigenvalue weighted by atomic mass is 10.1. The molecule has 0 unspecified atom stereocenters. The molecule has 0 aliphatic heterocycles. The minimum Gasteiger partial charge on any atom is -0.445 e. The number of carbonyl (C=O) groups excluding carboxylic acids is 3. The third-order valence-corrected chi connectivity index (χ3v) is 3.90. The number of hydrogen-bond acceptors (Lipinski definition) is 4. The van der Waals surface area contributed by atoms with Gasteiger partial charge in [0.2, 0.25) is 11.8 Å². The summed E-state index contributed by atoms with van der Waals surface area (Å²) in [5.41, 5.74) is 1.72. The molecule has 3 N–H and O–H groups in total. The summed E-state index contributed by atoms with van der Waals surface area (Å²) >= 11 is 0. The third-order valence-electron chi connectivity index (χ3n) is 3.90. The van der Waals surface area contributed by atoms with E-state index in [0.717, 1.165) is 11.1 Å². The molecule has 2 rings (SSSR count). The van der Waals surface area contributed by atoms with Crippen LogP contribution in [0.15, 0.2) is 60.7 Å². The highest BCUT2D eigenvalue weighted by molar-refractivity contribution is 5.89. The van der Waals surface area contributed by atoms with Crippen LogP contribution < -0.4 is 16.0 Å². The van der Waals surface area contributed by atoms with Crippen LogP contribution >= 0.6 is 0 Å². The quantitative estimate of drug-likeness (QED) is 0.615. The van der Waals surface area contributed by atoms with Crippen LogP contribution in [0.5, 0.6) is 0 Å². The Morgan fingerprint density at radius 3 is 2.11 bits per heavy atom. The van der Waals surface area contributed by atoms with E-state index < -0.39 is 18.0 Å². The molecule has 0 heterocycles. The highest BCUT2D eigenvalue weighted by Crippen LogP contribution is 2.05. The first-order valence-corrected chi connectivity index (χ1v) is 9.14. The summed E-state index contributed by atoms with van der Waals surface area (Å²) in [5, 5.41) is 7.73. The molecule has 2 aromatic rings. The molecule has 7 nitrogen and oxygen atoms in total. The van der Waals surface area contributed by atoms with Gasteiger partial charge in [0.05, 0.1) is 6.54 Å². The van der Waals surface area contributed by atoms with Crippen LogP contribution in [0, 0.1) is 0 Å². The van der Waals surface area contributed by atoms with Crippen molar-refractivity contribution in [3.8, 4) is 0 Å². The minimum atomic E-state index is -0.861. The average Bonchev–Trinajstić information content (AvgIpc) is 2.72. The van der Waals surface area contributed by atoms with E-state index in [1.165, 1.54) is 0 Å². The lowest BCUT2D eigenvalue weighted by Gasteiger charge is -2.18. The number of carbonyl (C=O) groups is 3. The van der Waals surface area contributed by atoms with Gasteiger partial charge in [0.15, 0.2) is 0 Å². The minimum absolute atomic E-state index is 0.102. The Balaban J connectivity index is 1.95. The molecule has 2 aromatic carbocycles. The number of alkyl carbamates (subject to hydrolysis) is 1. The normalized spacial score (nSPS) is 11.2. The van der Waals surface area contributed by atoms with Gasteiger partial charge >= 0.3 is 6.09 Å². The summed E-state index contributed by atoms with van der Waals surface area (Å²) in [4.78, 5) is 36.2.